The number of esters is 1. The van der Waals surface area contributed by atoms with E-state index in [1.807, 2.05) is 31.3 Å². The Balaban J connectivity index is 2.12. The van der Waals surface area contributed by atoms with Gasteiger partial charge in [0.25, 0.3) is 0 Å². The molecule has 0 atom stereocenters. The minimum Gasteiger partial charge on any atom is -0.497 e. The molecule has 0 bridgehead atoms. The molecular weight excluding hydrogens is 288 g/mol. The highest BCUT2D eigenvalue weighted by Crippen LogP contribution is 2.27. The SMILES string of the molecule is CCOC(=O)c1cnn(C)c1CSc1cccc(OC)c1. The number of carbonyl (C=O) groups is 1. The summed E-state index contributed by atoms with van der Waals surface area (Å²) < 4.78 is 12.0. The van der Waals surface area contributed by atoms with Gasteiger partial charge in [-0.3, -0.25) is 4.68 Å². The first-order valence-electron chi connectivity index (χ1n) is 6.60. The summed E-state index contributed by atoms with van der Waals surface area (Å²) in [6.07, 6.45) is 1.56. The molecule has 0 radical (unpaired) electrons. The number of benzene rings is 1. The Morgan fingerprint density at radius 3 is 2.95 bits per heavy atom. The van der Waals surface area contributed by atoms with Crippen LogP contribution in [0.15, 0.2) is 35.4 Å². The first-order chi connectivity index (χ1) is 10.2. The fourth-order valence-corrected chi connectivity index (χ4v) is 2.88. The van der Waals surface area contributed by atoms with Crippen LogP contribution in [-0.2, 0) is 17.5 Å². The summed E-state index contributed by atoms with van der Waals surface area (Å²) in [6.45, 7) is 2.15. The van der Waals surface area contributed by atoms with Crippen LogP contribution in [0.4, 0.5) is 0 Å². The first kappa shape index (κ1) is 15.4. The van der Waals surface area contributed by atoms with E-state index in [-0.39, 0.29) is 5.97 Å². The number of nitrogens with zero attached hydrogens (tertiary/aromatic N) is 2. The molecule has 2 rings (SSSR count). The smallest absolute Gasteiger partial charge is 0.341 e. The van der Waals surface area contributed by atoms with Gasteiger partial charge in [-0.1, -0.05) is 6.07 Å². The van der Waals surface area contributed by atoms with E-state index < -0.39 is 0 Å². The van der Waals surface area contributed by atoms with Crippen molar-refractivity contribution in [3.05, 3.63) is 41.7 Å². The van der Waals surface area contributed by atoms with E-state index in [0.717, 1.165) is 16.3 Å². The number of thioether (sulfide) groups is 1. The van der Waals surface area contributed by atoms with E-state index in [1.165, 1.54) is 0 Å². The molecular formula is C15H18N2O3S. The third-order valence-electron chi connectivity index (χ3n) is 2.97. The van der Waals surface area contributed by atoms with Crippen molar-refractivity contribution in [1.82, 2.24) is 9.78 Å². The Kier molecular flexibility index (Phi) is 5.27. The minimum absolute atomic E-state index is 0.327. The molecule has 1 aromatic carbocycles. The maximum Gasteiger partial charge on any atom is 0.341 e. The van der Waals surface area contributed by atoms with Crippen LogP contribution >= 0.6 is 11.8 Å². The summed E-state index contributed by atoms with van der Waals surface area (Å²) in [5.41, 5.74) is 1.37. The molecule has 0 aliphatic heterocycles. The number of rotatable bonds is 6. The predicted molar refractivity (Wildman–Crippen MR) is 81.7 cm³/mol. The van der Waals surface area contributed by atoms with Crippen LogP contribution in [0.3, 0.4) is 0 Å². The second-order valence-electron chi connectivity index (χ2n) is 4.32. The summed E-state index contributed by atoms with van der Waals surface area (Å²) in [5.74, 6) is 1.13. The Morgan fingerprint density at radius 2 is 2.24 bits per heavy atom. The Hall–Kier alpha value is -1.95. The number of hydrogen-bond donors (Lipinski definition) is 0. The standard InChI is InChI=1S/C15H18N2O3S/c1-4-20-15(18)13-9-16-17(2)14(13)10-21-12-7-5-6-11(8-12)19-3/h5-9H,4,10H2,1-3H3. The van der Waals surface area contributed by atoms with Gasteiger partial charge in [0, 0.05) is 17.7 Å². The molecule has 21 heavy (non-hydrogen) atoms. The van der Waals surface area contributed by atoms with E-state index in [4.69, 9.17) is 9.47 Å². The van der Waals surface area contributed by atoms with Crippen LogP contribution in [0.25, 0.3) is 0 Å². The van der Waals surface area contributed by atoms with Gasteiger partial charge in [0.15, 0.2) is 0 Å². The zero-order valence-corrected chi connectivity index (χ0v) is 13.1. The van der Waals surface area contributed by atoms with Crippen molar-refractivity contribution >= 4 is 17.7 Å². The molecule has 0 N–H and O–H groups in total. The summed E-state index contributed by atoms with van der Waals surface area (Å²) in [6, 6.07) is 7.81. The minimum atomic E-state index is -0.327. The third kappa shape index (κ3) is 3.78. The molecule has 0 saturated carbocycles. The number of aryl methyl sites for hydroxylation is 1. The second-order valence-corrected chi connectivity index (χ2v) is 5.37. The largest absolute Gasteiger partial charge is 0.497 e. The summed E-state index contributed by atoms with van der Waals surface area (Å²) in [4.78, 5) is 13.0. The number of methoxy groups -OCH3 is 1. The van der Waals surface area contributed by atoms with Gasteiger partial charge < -0.3 is 9.47 Å². The Bertz CT molecular complexity index is 625. The van der Waals surface area contributed by atoms with Crippen LogP contribution in [-0.4, -0.2) is 29.5 Å². The lowest BCUT2D eigenvalue weighted by Gasteiger charge is -2.07. The van der Waals surface area contributed by atoms with Gasteiger partial charge in [-0.15, -0.1) is 11.8 Å². The average molecular weight is 306 g/mol. The number of ether oxygens (including phenoxy) is 2. The van der Waals surface area contributed by atoms with Gasteiger partial charge in [0.05, 0.1) is 25.6 Å². The number of hydrogen-bond acceptors (Lipinski definition) is 5. The van der Waals surface area contributed by atoms with Crippen molar-refractivity contribution in [3.63, 3.8) is 0 Å². The fraction of sp³-hybridized carbons (Fsp3) is 0.333. The second kappa shape index (κ2) is 7.17. The molecule has 6 heteroatoms. The maximum absolute atomic E-state index is 11.9. The van der Waals surface area contributed by atoms with Crippen LogP contribution in [0.2, 0.25) is 0 Å². The topological polar surface area (TPSA) is 53.3 Å². The van der Waals surface area contributed by atoms with Crippen molar-refractivity contribution in [2.45, 2.75) is 17.6 Å². The Morgan fingerprint density at radius 1 is 1.43 bits per heavy atom. The molecule has 0 fully saturated rings. The van der Waals surface area contributed by atoms with Crippen molar-refractivity contribution < 1.29 is 14.3 Å². The maximum atomic E-state index is 11.9. The number of aromatic nitrogens is 2. The van der Waals surface area contributed by atoms with Gasteiger partial charge in [0.2, 0.25) is 0 Å². The first-order valence-corrected chi connectivity index (χ1v) is 7.59. The summed E-state index contributed by atoms with van der Waals surface area (Å²) in [5, 5.41) is 4.14. The zero-order valence-electron chi connectivity index (χ0n) is 12.3. The van der Waals surface area contributed by atoms with E-state index in [2.05, 4.69) is 5.10 Å². The molecule has 0 amide bonds. The highest BCUT2D eigenvalue weighted by atomic mass is 32.2. The molecule has 0 saturated heterocycles. The highest BCUT2D eigenvalue weighted by Gasteiger charge is 2.17. The quantitative estimate of drug-likeness (QED) is 0.607. The fourth-order valence-electron chi connectivity index (χ4n) is 1.86. The van der Waals surface area contributed by atoms with Crippen molar-refractivity contribution in [3.8, 4) is 5.75 Å². The predicted octanol–water partition coefficient (Wildman–Crippen LogP) is 2.90. The van der Waals surface area contributed by atoms with Crippen molar-refractivity contribution in [1.29, 1.82) is 0 Å². The van der Waals surface area contributed by atoms with E-state index in [1.54, 1.807) is 36.7 Å². The molecule has 1 aromatic heterocycles. The molecule has 1 heterocycles. The Labute approximate surface area is 128 Å². The van der Waals surface area contributed by atoms with Crippen LogP contribution in [0.5, 0.6) is 5.75 Å². The summed E-state index contributed by atoms with van der Waals surface area (Å²) in [7, 11) is 3.47. The monoisotopic (exact) mass is 306 g/mol. The molecule has 0 unspecified atom stereocenters. The van der Waals surface area contributed by atoms with E-state index >= 15 is 0 Å². The van der Waals surface area contributed by atoms with Gasteiger partial charge in [-0.05, 0) is 25.1 Å². The van der Waals surface area contributed by atoms with Crippen molar-refractivity contribution in [2.24, 2.45) is 7.05 Å². The molecule has 112 valence electrons. The molecule has 0 aliphatic carbocycles. The molecule has 0 spiro atoms. The van der Waals surface area contributed by atoms with Crippen LogP contribution in [0.1, 0.15) is 23.0 Å². The van der Waals surface area contributed by atoms with Gasteiger partial charge in [-0.2, -0.15) is 5.10 Å². The van der Waals surface area contributed by atoms with Crippen LogP contribution in [0, 0.1) is 0 Å². The molecule has 5 nitrogen and oxygen atoms in total. The lowest BCUT2D eigenvalue weighted by molar-refractivity contribution is 0.0525. The van der Waals surface area contributed by atoms with Gasteiger partial charge in [0.1, 0.15) is 11.3 Å². The summed E-state index contributed by atoms with van der Waals surface area (Å²) >= 11 is 1.62. The zero-order chi connectivity index (χ0) is 15.2. The van der Waals surface area contributed by atoms with Gasteiger partial charge >= 0.3 is 5.97 Å². The third-order valence-corrected chi connectivity index (χ3v) is 3.98. The normalized spacial score (nSPS) is 10.4. The molecule has 0 aliphatic rings. The van der Waals surface area contributed by atoms with E-state index in [0.29, 0.717) is 17.9 Å². The van der Waals surface area contributed by atoms with Crippen molar-refractivity contribution in [2.75, 3.05) is 13.7 Å². The van der Waals surface area contributed by atoms with Gasteiger partial charge in [-0.25, -0.2) is 4.79 Å². The highest BCUT2D eigenvalue weighted by molar-refractivity contribution is 7.98. The average Bonchev–Trinajstić information content (AvgIpc) is 2.86. The molecule has 2 aromatic rings. The van der Waals surface area contributed by atoms with E-state index in [9.17, 15) is 4.79 Å². The lowest BCUT2D eigenvalue weighted by atomic mass is 10.3. The lowest BCUT2D eigenvalue weighted by Crippen LogP contribution is -2.08. The van der Waals surface area contributed by atoms with Crippen LogP contribution < -0.4 is 4.74 Å². The number of carbonyl (C=O) groups excluding carboxylic acids is 1.